The summed E-state index contributed by atoms with van der Waals surface area (Å²) < 4.78 is 50.0. The third-order valence-electron chi connectivity index (χ3n) is 1.99. The van der Waals surface area contributed by atoms with E-state index in [0.29, 0.717) is 17.4 Å². The molecule has 0 amide bonds. The van der Waals surface area contributed by atoms with Gasteiger partial charge in [-0.3, -0.25) is 4.79 Å². The predicted octanol–water partition coefficient (Wildman–Crippen LogP) is 4.14. The summed E-state index contributed by atoms with van der Waals surface area (Å²) in [6, 6.07) is 2.70. The SMILES string of the molecule is CC(=O)SCC=Cc1ccc(C(F)(F)F)c(F)c1. The fourth-order valence-electron chi connectivity index (χ4n) is 1.21. The molecule has 0 bridgehead atoms. The number of thioether (sulfide) groups is 1. The number of benzene rings is 1. The summed E-state index contributed by atoms with van der Waals surface area (Å²) in [5.41, 5.74) is -0.956. The third kappa shape index (κ3) is 4.52. The lowest BCUT2D eigenvalue weighted by molar-refractivity contribution is -0.140. The molecule has 18 heavy (non-hydrogen) atoms. The minimum Gasteiger partial charge on any atom is -0.288 e. The lowest BCUT2D eigenvalue weighted by atomic mass is 10.1. The Morgan fingerprint density at radius 2 is 2.06 bits per heavy atom. The summed E-state index contributed by atoms with van der Waals surface area (Å²) in [7, 11) is 0. The molecule has 0 aliphatic rings. The van der Waals surface area contributed by atoms with Crippen LogP contribution in [0.1, 0.15) is 18.1 Å². The molecule has 0 spiro atoms. The van der Waals surface area contributed by atoms with E-state index in [4.69, 9.17) is 0 Å². The maximum atomic E-state index is 13.2. The van der Waals surface area contributed by atoms with Gasteiger partial charge in [0.25, 0.3) is 0 Å². The number of carbonyl (C=O) groups excluding carboxylic acids is 1. The lowest BCUT2D eigenvalue weighted by Crippen LogP contribution is -2.07. The molecule has 0 saturated carbocycles. The van der Waals surface area contributed by atoms with Gasteiger partial charge in [-0.2, -0.15) is 13.2 Å². The molecule has 0 radical (unpaired) electrons. The average molecular weight is 278 g/mol. The van der Waals surface area contributed by atoms with Gasteiger partial charge in [0.2, 0.25) is 0 Å². The minimum atomic E-state index is -4.68. The van der Waals surface area contributed by atoms with Crippen molar-refractivity contribution in [3.05, 3.63) is 41.2 Å². The Morgan fingerprint density at radius 1 is 1.39 bits per heavy atom. The Hall–Kier alpha value is -1.30. The Labute approximate surface area is 106 Å². The van der Waals surface area contributed by atoms with Gasteiger partial charge in [0.15, 0.2) is 5.12 Å². The molecule has 0 aliphatic heterocycles. The van der Waals surface area contributed by atoms with Crippen molar-refractivity contribution in [2.75, 3.05) is 5.75 Å². The van der Waals surface area contributed by atoms with E-state index in [-0.39, 0.29) is 5.12 Å². The number of halogens is 4. The zero-order chi connectivity index (χ0) is 13.8. The van der Waals surface area contributed by atoms with E-state index in [2.05, 4.69) is 0 Å². The lowest BCUT2D eigenvalue weighted by Gasteiger charge is -2.07. The predicted molar refractivity (Wildman–Crippen MR) is 63.6 cm³/mol. The van der Waals surface area contributed by atoms with Crippen molar-refractivity contribution >= 4 is 23.0 Å². The van der Waals surface area contributed by atoms with Gasteiger partial charge in [0.1, 0.15) is 5.82 Å². The van der Waals surface area contributed by atoms with Crippen LogP contribution in [-0.4, -0.2) is 10.9 Å². The van der Waals surface area contributed by atoms with Crippen LogP contribution < -0.4 is 0 Å². The number of carbonyl (C=O) groups is 1. The molecular weight excluding hydrogens is 268 g/mol. The quantitative estimate of drug-likeness (QED) is 0.773. The summed E-state index contributed by atoms with van der Waals surface area (Å²) in [5, 5.41) is -0.0572. The third-order valence-corrected chi connectivity index (χ3v) is 2.76. The van der Waals surface area contributed by atoms with Gasteiger partial charge < -0.3 is 0 Å². The van der Waals surface area contributed by atoms with Crippen LogP contribution in [0.15, 0.2) is 24.3 Å². The molecule has 0 fully saturated rings. The first-order valence-electron chi connectivity index (χ1n) is 4.97. The van der Waals surface area contributed by atoms with Gasteiger partial charge in [-0.1, -0.05) is 30.0 Å². The Kier molecular flexibility index (Phi) is 4.95. The van der Waals surface area contributed by atoms with Crippen LogP contribution in [0.25, 0.3) is 6.08 Å². The molecule has 1 nitrogen and oxygen atoms in total. The maximum Gasteiger partial charge on any atom is 0.419 e. The van der Waals surface area contributed by atoms with Crippen molar-refractivity contribution in [1.29, 1.82) is 0 Å². The number of hydrogen-bond acceptors (Lipinski definition) is 2. The first kappa shape index (κ1) is 14.8. The Balaban J connectivity index is 2.76. The van der Waals surface area contributed by atoms with Gasteiger partial charge in [0, 0.05) is 12.7 Å². The summed E-state index contributed by atoms with van der Waals surface area (Å²) in [6.45, 7) is 1.41. The van der Waals surface area contributed by atoms with Crippen LogP contribution in [0.4, 0.5) is 17.6 Å². The van der Waals surface area contributed by atoms with E-state index in [1.54, 1.807) is 6.08 Å². The normalized spacial score (nSPS) is 12.1. The zero-order valence-corrected chi connectivity index (χ0v) is 10.2. The summed E-state index contributed by atoms with van der Waals surface area (Å²) >= 11 is 1.06. The molecule has 0 heterocycles. The van der Waals surface area contributed by atoms with Crippen LogP contribution in [0, 0.1) is 5.82 Å². The van der Waals surface area contributed by atoms with Crippen molar-refractivity contribution in [3.8, 4) is 0 Å². The maximum absolute atomic E-state index is 13.2. The smallest absolute Gasteiger partial charge is 0.288 e. The largest absolute Gasteiger partial charge is 0.419 e. The average Bonchev–Trinajstić information content (AvgIpc) is 2.22. The van der Waals surface area contributed by atoms with Gasteiger partial charge in [0.05, 0.1) is 5.56 Å². The number of rotatable bonds is 3. The Morgan fingerprint density at radius 3 is 2.56 bits per heavy atom. The molecule has 0 N–H and O–H groups in total. The number of alkyl halides is 3. The second-order valence-corrected chi connectivity index (χ2v) is 4.64. The molecule has 0 unspecified atom stereocenters. The highest BCUT2D eigenvalue weighted by Crippen LogP contribution is 2.31. The fraction of sp³-hybridized carbons (Fsp3) is 0.250. The first-order chi connectivity index (χ1) is 8.30. The molecule has 1 rings (SSSR count). The van der Waals surface area contributed by atoms with Gasteiger partial charge in [-0.15, -0.1) is 0 Å². The van der Waals surface area contributed by atoms with E-state index >= 15 is 0 Å². The summed E-state index contributed by atoms with van der Waals surface area (Å²) in [5.74, 6) is -0.901. The van der Waals surface area contributed by atoms with E-state index in [1.165, 1.54) is 19.1 Å². The van der Waals surface area contributed by atoms with Crippen molar-refractivity contribution in [2.45, 2.75) is 13.1 Å². The molecule has 1 aromatic rings. The minimum absolute atomic E-state index is 0.0572. The highest BCUT2D eigenvalue weighted by Gasteiger charge is 2.33. The van der Waals surface area contributed by atoms with Crippen molar-refractivity contribution in [2.24, 2.45) is 0 Å². The molecule has 0 aromatic heterocycles. The topological polar surface area (TPSA) is 17.1 Å². The molecular formula is C12H10F4OS. The van der Waals surface area contributed by atoms with Crippen LogP contribution in [0.3, 0.4) is 0 Å². The fourth-order valence-corrected chi connectivity index (χ4v) is 1.64. The monoisotopic (exact) mass is 278 g/mol. The highest BCUT2D eigenvalue weighted by atomic mass is 32.2. The van der Waals surface area contributed by atoms with Crippen molar-refractivity contribution in [1.82, 2.24) is 0 Å². The molecule has 98 valence electrons. The molecule has 0 atom stereocenters. The highest BCUT2D eigenvalue weighted by molar-refractivity contribution is 8.13. The molecule has 0 saturated heterocycles. The molecule has 6 heteroatoms. The van der Waals surface area contributed by atoms with Gasteiger partial charge in [-0.05, 0) is 17.7 Å². The second kappa shape index (κ2) is 6.04. The van der Waals surface area contributed by atoms with Gasteiger partial charge in [-0.25, -0.2) is 4.39 Å². The van der Waals surface area contributed by atoms with E-state index in [0.717, 1.165) is 17.8 Å². The van der Waals surface area contributed by atoms with Gasteiger partial charge >= 0.3 is 6.18 Å². The zero-order valence-electron chi connectivity index (χ0n) is 9.42. The van der Waals surface area contributed by atoms with E-state index in [9.17, 15) is 22.4 Å². The molecule has 1 aromatic carbocycles. The first-order valence-corrected chi connectivity index (χ1v) is 5.96. The standard InChI is InChI=1S/C12H10F4OS/c1-8(17)18-6-2-3-9-4-5-10(11(13)7-9)12(14,15)16/h2-5,7H,6H2,1H3. The summed E-state index contributed by atoms with van der Waals surface area (Å²) in [6.07, 6.45) is -1.62. The van der Waals surface area contributed by atoms with Crippen molar-refractivity contribution in [3.63, 3.8) is 0 Å². The van der Waals surface area contributed by atoms with Crippen LogP contribution in [0.5, 0.6) is 0 Å². The van der Waals surface area contributed by atoms with E-state index < -0.39 is 17.6 Å². The Bertz CT molecular complexity index is 466. The van der Waals surface area contributed by atoms with Crippen LogP contribution >= 0.6 is 11.8 Å². The van der Waals surface area contributed by atoms with Crippen LogP contribution in [0.2, 0.25) is 0 Å². The van der Waals surface area contributed by atoms with E-state index in [1.807, 2.05) is 0 Å². The summed E-state index contributed by atoms with van der Waals surface area (Å²) in [4.78, 5) is 10.6. The van der Waals surface area contributed by atoms with Crippen LogP contribution in [-0.2, 0) is 11.0 Å². The second-order valence-electron chi connectivity index (χ2n) is 3.44. The number of hydrogen-bond donors (Lipinski definition) is 0. The van der Waals surface area contributed by atoms with Crippen molar-refractivity contribution < 1.29 is 22.4 Å². The molecule has 0 aliphatic carbocycles.